The highest BCUT2D eigenvalue weighted by atomic mass is 32.2. The Hall–Kier alpha value is -4.35. The molecule has 0 atom stereocenters. The Morgan fingerprint density at radius 3 is 2.24 bits per heavy atom. The van der Waals surface area contributed by atoms with Gasteiger partial charge in [-0.1, -0.05) is 42.5 Å². The lowest BCUT2D eigenvalue weighted by atomic mass is 9.98. The van der Waals surface area contributed by atoms with Crippen LogP contribution in [0.15, 0.2) is 112 Å². The van der Waals surface area contributed by atoms with Crippen LogP contribution in [0, 0.1) is 0 Å². The first-order chi connectivity index (χ1) is 19.6. The maximum atomic E-state index is 13.8. The molecule has 1 fully saturated rings. The van der Waals surface area contributed by atoms with Gasteiger partial charge in [0.15, 0.2) is 9.84 Å². The van der Waals surface area contributed by atoms with E-state index in [0.29, 0.717) is 42.8 Å². The highest BCUT2D eigenvalue weighted by Crippen LogP contribution is 2.32. The zero-order valence-corrected chi connectivity index (χ0v) is 23.8. The minimum Gasteiger partial charge on any atom is -0.451 e. The van der Waals surface area contributed by atoms with Crippen LogP contribution in [0.3, 0.4) is 0 Å². The minimum atomic E-state index is -3.88. The maximum Gasteiger partial charge on any atom is 0.301 e. The molecule has 1 aliphatic heterocycles. The Bertz CT molecular complexity index is 1960. The molecule has 6 rings (SSSR count). The third-order valence-electron chi connectivity index (χ3n) is 7.32. The van der Waals surface area contributed by atoms with Gasteiger partial charge < -0.3 is 14.2 Å². The van der Waals surface area contributed by atoms with Crippen LogP contribution in [0.4, 0.5) is 5.69 Å². The molecular formula is C30H27N3O6S2. The Morgan fingerprint density at radius 2 is 1.56 bits per heavy atom. The van der Waals surface area contributed by atoms with E-state index in [1.54, 1.807) is 23.1 Å². The second-order valence-corrected chi connectivity index (χ2v) is 13.6. The van der Waals surface area contributed by atoms with Gasteiger partial charge in [-0.25, -0.2) is 12.4 Å². The van der Waals surface area contributed by atoms with Crippen molar-refractivity contribution in [2.24, 2.45) is 0 Å². The number of nitrogens with zero attached hydrogens (tertiary/aromatic N) is 3. The van der Waals surface area contributed by atoms with Crippen molar-refractivity contribution in [1.29, 1.82) is 0 Å². The molecular weight excluding hydrogens is 562 g/mol. The van der Waals surface area contributed by atoms with Gasteiger partial charge >= 0.3 is 10.0 Å². The van der Waals surface area contributed by atoms with Crippen molar-refractivity contribution in [2.45, 2.75) is 9.99 Å². The van der Waals surface area contributed by atoms with E-state index in [1.165, 1.54) is 40.7 Å². The molecule has 1 aliphatic rings. The quantitative estimate of drug-likeness (QED) is 0.287. The number of amides is 1. The highest BCUT2D eigenvalue weighted by Gasteiger charge is 2.28. The number of fused-ring (bicyclic) bond motifs is 1. The second-order valence-electron chi connectivity index (χ2n) is 9.88. The molecule has 41 heavy (non-hydrogen) atoms. The summed E-state index contributed by atoms with van der Waals surface area (Å²) in [7, 11) is -7.39. The van der Waals surface area contributed by atoms with E-state index in [1.807, 2.05) is 42.5 Å². The summed E-state index contributed by atoms with van der Waals surface area (Å²) in [5.74, 6) is -0.233. The standard InChI is InChI=1S/C30H27N3O6S2/c1-40(35,36)23-12-13-24(22-7-3-2-4-8-22)26(21-23)30(34)32-18-16-31(17-19-32)27-9-5-10-28-25(27)14-15-33(28)41(37,38)29-11-6-20-39-29/h2-15,20-21H,16-19H2,1H3. The van der Waals surface area contributed by atoms with Gasteiger partial charge in [-0.3, -0.25) is 4.79 Å². The Morgan fingerprint density at radius 1 is 0.805 bits per heavy atom. The molecule has 1 amide bonds. The summed E-state index contributed by atoms with van der Waals surface area (Å²) >= 11 is 0. The van der Waals surface area contributed by atoms with Crippen LogP contribution >= 0.6 is 0 Å². The van der Waals surface area contributed by atoms with Crippen molar-refractivity contribution in [3.05, 3.63) is 103 Å². The zero-order valence-electron chi connectivity index (χ0n) is 22.2. The number of sulfone groups is 1. The summed E-state index contributed by atoms with van der Waals surface area (Å²) in [6, 6.07) is 24.3. The molecule has 0 saturated carbocycles. The number of carbonyl (C=O) groups is 1. The first kappa shape index (κ1) is 26.9. The predicted octanol–water partition coefficient (Wildman–Crippen LogP) is 4.50. The number of benzene rings is 3. The van der Waals surface area contributed by atoms with Gasteiger partial charge in [-0.2, -0.15) is 8.42 Å². The number of rotatable bonds is 6. The summed E-state index contributed by atoms with van der Waals surface area (Å²) < 4.78 is 57.2. The van der Waals surface area contributed by atoms with Gasteiger partial charge in [0.2, 0.25) is 5.09 Å². The van der Waals surface area contributed by atoms with Crippen molar-refractivity contribution in [3.63, 3.8) is 0 Å². The third-order valence-corrected chi connectivity index (χ3v) is 10.0. The number of carbonyl (C=O) groups excluding carboxylic acids is 1. The number of furan rings is 1. The SMILES string of the molecule is CS(=O)(=O)c1ccc(-c2ccccc2)c(C(=O)N2CCN(c3cccc4c3ccn4S(=O)(=O)c3ccco3)CC2)c1. The van der Waals surface area contributed by atoms with Gasteiger partial charge in [-0.05, 0) is 53.6 Å². The fourth-order valence-corrected chi connectivity index (χ4v) is 7.15. The molecule has 9 nitrogen and oxygen atoms in total. The monoisotopic (exact) mass is 589 g/mol. The van der Waals surface area contributed by atoms with E-state index in [4.69, 9.17) is 4.42 Å². The largest absolute Gasteiger partial charge is 0.451 e. The van der Waals surface area contributed by atoms with Crippen LogP contribution in [0.5, 0.6) is 0 Å². The first-order valence-electron chi connectivity index (χ1n) is 13.0. The molecule has 0 spiro atoms. The van der Waals surface area contributed by atoms with E-state index in [2.05, 4.69) is 4.90 Å². The van der Waals surface area contributed by atoms with E-state index in [0.717, 1.165) is 22.9 Å². The highest BCUT2D eigenvalue weighted by molar-refractivity contribution is 7.90. The molecule has 1 saturated heterocycles. The number of hydrogen-bond donors (Lipinski definition) is 0. The summed E-state index contributed by atoms with van der Waals surface area (Å²) in [6.45, 7) is 1.87. The molecule has 3 heterocycles. The Labute approximate surface area is 238 Å². The lowest BCUT2D eigenvalue weighted by Crippen LogP contribution is -2.49. The molecule has 5 aromatic rings. The molecule has 11 heteroatoms. The van der Waals surface area contributed by atoms with Crippen LogP contribution in [-0.2, 0) is 19.9 Å². The summed E-state index contributed by atoms with van der Waals surface area (Å²) in [5.41, 5.74) is 3.24. The van der Waals surface area contributed by atoms with Crippen molar-refractivity contribution in [1.82, 2.24) is 8.87 Å². The minimum absolute atomic E-state index is 0.0971. The van der Waals surface area contributed by atoms with E-state index >= 15 is 0 Å². The van der Waals surface area contributed by atoms with Crippen LogP contribution in [0.25, 0.3) is 22.0 Å². The fourth-order valence-electron chi connectivity index (χ4n) is 5.24. The lowest BCUT2D eigenvalue weighted by Gasteiger charge is -2.36. The van der Waals surface area contributed by atoms with Crippen molar-refractivity contribution in [2.75, 3.05) is 37.3 Å². The van der Waals surface area contributed by atoms with Crippen LogP contribution in [-0.4, -0.2) is 64.0 Å². The van der Waals surface area contributed by atoms with Crippen molar-refractivity contribution in [3.8, 4) is 11.1 Å². The summed E-state index contributed by atoms with van der Waals surface area (Å²) in [6.07, 6.45) is 3.97. The molecule has 0 bridgehead atoms. The fraction of sp³-hybridized carbons (Fsp3) is 0.167. The molecule has 0 N–H and O–H groups in total. The topological polar surface area (TPSA) is 110 Å². The number of anilines is 1. The average molecular weight is 590 g/mol. The van der Waals surface area contributed by atoms with Gasteiger partial charge in [0, 0.05) is 55.3 Å². The lowest BCUT2D eigenvalue weighted by molar-refractivity contribution is 0.0747. The second kappa shape index (κ2) is 10.2. The summed E-state index contributed by atoms with van der Waals surface area (Å²) in [5, 5.41) is 0.636. The molecule has 3 aromatic carbocycles. The van der Waals surface area contributed by atoms with Gasteiger partial charge in [-0.15, -0.1) is 0 Å². The third kappa shape index (κ3) is 4.91. The predicted molar refractivity (Wildman–Crippen MR) is 156 cm³/mol. The van der Waals surface area contributed by atoms with Crippen LogP contribution in [0.2, 0.25) is 0 Å². The average Bonchev–Trinajstić information content (AvgIpc) is 3.68. The van der Waals surface area contributed by atoms with E-state index in [-0.39, 0.29) is 15.9 Å². The number of aromatic nitrogens is 1. The maximum absolute atomic E-state index is 13.8. The smallest absolute Gasteiger partial charge is 0.301 e. The van der Waals surface area contributed by atoms with Gasteiger partial charge in [0.1, 0.15) is 0 Å². The molecule has 0 radical (unpaired) electrons. The molecule has 2 aromatic heterocycles. The zero-order chi connectivity index (χ0) is 28.8. The van der Waals surface area contributed by atoms with Gasteiger partial charge in [0.05, 0.1) is 16.7 Å². The molecule has 0 aliphatic carbocycles. The van der Waals surface area contributed by atoms with Crippen molar-refractivity contribution < 1.29 is 26.0 Å². The van der Waals surface area contributed by atoms with Crippen LogP contribution < -0.4 is 4.90 Å². The number of piperazine rings is 1. The first-order valence-corrected chi connectivity index (χ1v) is 16.3. The molecule has 0 unspecified atom stereocenters. The van der Waals surface area contributed by atoms with E-state index in [9.17, 15) is 21.6 Å². The molecule has 210 valence electrons. The normalized spacial score (nSPS) is 14.5. The van der Waals surface area contributed by atoms with E-state index < -0.39 is 19.9 Å². The van der Waals surface area contributed by atoms with Gasteiger partial charge in [0.25, 0.3) is 5.91 Å². The Balaban J connectivity index is 1.27. The van der Waals surface area contributed by atoms with Crippen LogP contribution in [0.1, 0.15) is 10.4 Å². The summed E-state index contributed by atoms with van der Waals surface area (Å²) in [4.78, 5) is 17.7. The van der Waals surface area contributed by atoms with Crippen molar-refractivity contribution >= 4 is 42.4 Å². The Kier molecular flexibility index (Phi) is 6.71. The number of hydrogen-bond acceptors (Lipinski definition) is 7.